The molecule has 1 fully saturated rings. The van der Waals surface area contributed by atoms with Gasteiger partial charge in [0.25, 0.3) is 0 Å². The Hall–Kier alpha value is -1.52. The van der Waals surface area contributed by atoms with Gasteiger partial charge in [0.15, 0.2) is 0 Å². The molecule has 5 heteroatoms. The Morgan fingerprint density at radius 2 is 2.24 bits per heavy atom. The van der Waals surface area contributed by atoms with Crippen molar-refractivity contribution < 1.29 is 9.53 Å². The second-order valence-corrected chi connectivity index (χ2v) is 4.41. The molecule has 0 atom stereocenters. The number of likely N-dealkylation sites (tertiary alicyclic amines) is 1. The van der Waals surface area contributed by atoms with Crippen molar-refractivity contribution in [1.29, 1.82) is 0 Å². The van der Waals surface area contributed by atoms with E-state index in [0.29, 0.717) is 12.6 Å². The Labute approximate surface area is 101 Å². The normalized spacial score (nSPS) is 17.2. The van der Waals surface area contributed by atoms with Crippen LogP contribution in [0.15, 0.2) is 12.4 Å². The molecule has 0 unspecified atom stereocenters. The fourth-order valence-electron chi connectivity index (χ4n) is 2.16. The van der Waals surface area contributed by atoms with Crippen LogP contribution < -0.4 is 0 Å². The first-order chi connectivity index (χ1) is 8.20. The average molecular weight is 237 g/mol. The number of rotatable bonds is 2. The SMILES string of the molecule is CCOC(=O)N1CCC(n2cc(C)cn2)CC1. The van der Waals surface area contributed by atoms with E-state index in [-0.39, 0.29) is 6.09 Å². The van der Waals surface area contributed by atoms with Crippen molar-refractivity contribution in [3.05, 3.63) is 18.0 Å². The van der Waals surface area contributed by atoms with Crippen LogP contribution in [-0.2, 0) is 4.74 Å². The lowest BCUT2D eigenvalue weighted by Gasteiger charge is -2.31. The van der Waals surface area contributed by atoms with Crippen molar-refractivity contribution in [2.45, 2.75) is 32.7 Å². The maximum atomic E-state index is 11.5. The van der Waals surface area contributed by atoms with Crippen LogP contribution in [0, 0.1) is 6.92 Å². The van der Waals surface area contributed by atoms with E-state index in [9.17, 15) is 4.79 Å². The molecule has 17 heavy (non-hydrogen) atoms. The van der Waals surface area contributed by atoms with E-state index in [1.54, 1.807) is 4.90 Å². The first-order valence-corrected chi connectivity index (χ1v) is 6.13. The summed E-state index contributed by atoms with van der Waals surface area (Å²) < 4.78 is 7.00. The van der Waals surface area contributed by atoms with Gasteiger partial charge in [0.1, 0.15) is 0 Å². The Morgan fingerprint density at radius 1 is 1.53 bits per heavy atom. The monoisotopic (exact) mass is 237 g/mol. The number of aryl methyl sites for hydroxylation is 1. The molecular formula is C12H19N3O2. The molecule has 1 aliphatic rings. The number of carbonyl (C=O) groups excluding carboxylic acids is 1. The standard InChI is InChI=1S/C12H19N3O2/c1-3-17-12(16)14-6-4-11(5-7-14)15-9-10(2)8-13-15/h8-9,11H,3-7H2,1-2H3. The van der Waals surface area contributed by atoms with Crippen LogP contribution in [0.1, 0.15) is 31.4 Å². The number of piperidine rings is 1. The summed E-state index contributed by atoms with van der Waals surface area (Å²) >= 11 is 0. The predicted molar refractivity (Wildman–Crippen MR) is 63.8 cm³/mol. The highest BCUT2D eigenvalue weighted by Crippen LogP contribution is 2.22. The van der Waals surface area contributed by atoms with E-state index >= 15 is 0 Å². The molecule has 0 spiro atoms. The van der Waals surface area contributed by atoms with Crippen LogP contribution in [0.2, 0.25) is 0 Å². The largest absolute Gasteiger partial charge is 0.450 e. The van der Waals surface area contributed by atoms with Gasteiger partial charge in [-0.3, -0.25) is 4.68 Å². The minimum Gasteiger partial charge on any atom is -0.450 e. The van der Waals surface area contributed by atoms with E-state index in [1.807, 2.05) is 24.7 Å². The minimum atomic E-state index is -0.192. The quantitative estimate of drug-likeness (QED) is 0.790. The van der Waals surface area contributed by atoms with Gasteiger partial charge in [0, 0.05) is 19.3 Å². The van der Waals surface area contributed by atoms with E-state index in [2.05, 4.69) is 11.3 Å². The maximum Gasteiger partial charge on any atom is 0.409 e. The Morgan fingerprint density at radius 3 is 2.76 bits per heavy atom. The van der Waals surface area contributed by atoms with E-state index in [1.165, 1.54) is 5.56 Å². The third-order valence-corrected chi connectivity index (χ3v) is 3.10. The van der Waals surface area contributed by atoms with Crippen molar-refractivity contribution in [3.63, 3.8) is 0 Å². The molecule has 1 aromatic rings. The number of aromatic nitrogens is 2. The van der Waals surface area contributed by atoms with Crippen molar-refractivity contribution >= 4 is 6.09 Å². The third kappa shape index (κ3) is 2.78. The molecule has 2 rings (SSSR count). The number of hydrogen-bond acceptors (Lipinski definition) is 3. The Kier molecular flexibility index (Phi) is 3.66. The number of carbonyl (C=O) groups is 1. The number of ether oxygens (including phenoxy) is 1. The average Bonchev–Trinajstić information content (AvgIpc) is 2.76. The lowest BCUT2D eigenvalue weighted by molar-refractivity contribution is 0.0915. The highest BCUT2D eigenvalue weighted by atomic mass is 16.6. The van der Waals surface area contributed by atoms with E-state index in [0.717, 1.165) is 25.9 Å². The molecule has 94 valence electrons. The summed E-state index contributed by atoms with van der Waals surface area (Å²) in [6.07, 6.45) is 5.63. The summed E-state index contributed by atoms with van der Waals surface area (Å²) in [6, 6.07) is 0.411. The lowest BCUT2D eigenvalue weighted by Crippen LogP contribution is -2.39. The molecule has 1 aromatic heterocycles. The van der Waals surface area contributed by atoms with Crippen LogP contribution in [0.5, 0.6) is 0 Å². The van der Waals surface area contributed by atoms with Crippen molar-refractivity contribution in [3.8, 4) is 0 Å². The van der Waals surface area contributed by atoms with Crippen LogP contribution in [0.4, 0.5) is 4.79 Å². The zero-order valence-electron chi connectivity index (χ0n) is 10.4. The number of amides is 1. The highest BCUT2D eigenvalue weighted by molar-refractivity contribution is 5.67. The topological polar surface area (TPSA) is 47.4 Å². The summed E-state index contributed by atoms with van der Waals surface area (Å²) in [5.41, 5.74) is 1.18. The summed E-state index contributed by atoms with van der Waals surface area (Å²) in [4.78, 5) is 13.3. The Balaban J connectivity index is 1.88. The van der Waals surface area contributed by atoms with Crippen molar-refractivity contribution in [1.82, 2.24) is 14.7 Å². The van der Waals surface area contributed by atoms with Gasteiger partial charge in [0.05, 0.1) is 18.8 Å². The third-order valence-electron chi connectivity index (χ3n) is 3.10. The molecule has 0 aromatic carbocycles. The molecule has 0 saturated carbocycles. The number of nitrogens with zero attached hydrogens (tertiary/aromatic N) is 3. The Bertz CT molecular complexity index is 381. The molecule has 1 amide bonds. The second kappa shape index (κ2) is 5.21. The fraction of sp³-hybridized carbons (Fsp3) is 0.667. The van der Waals surface area contributed by atoms with E-state index < -0.39 is 0 Å². The van der Waals surface area contributed by atoms with Gasteiger partial charge < -0.3 is 9.64 Å². The lowest BCUT2D eigenvalue weighted by atomic mass is 10.1. The number of hydrogen-bond donors (Lipinski definition) is 0. The molecule has 1 saturated heterocycles. The smallest absolute Gasteiger partial charge is 0.409 e. The zero-order chi connectivity index (χ0) is 12.3. The predicted octanol–water partition coefficient (Wildman–Crippen LogP) is 1.98. The molecule has 0 N–H and O–H groups in total. The van der Waals surface area contributed by atoms with Crippen LogP contribution in [0.25, 0.3) is 0 Å². The van der Waals surface area contributed by atoms with Gasteiger partial charge in [-0.25, -0.2) is 4.79 Å². The van der Waals surface area contributed by atoms with Crippen LogP contribution in [-0.4, -0.2) is 40.5 Å². The fourth-order valence-corrected chi connectivity index (χ4v) is 2.16. The molecular weight excluding hydrogens is 218 g/mol. The van der Waals surface area contributed by atoms with Gasteiger partial charge in [-0.05, 0) is 32.3 Å². The van der Waals surface area contributed by atoms with Crippen molar-refractivity contribution in [2.75, 3.05) is 19.7 Å². The summed E-state index contributed by atoms with van der Waals surface area (Å²) in [6.45, 7) is 5.82. The van der Waals surface area contributed by atoms with Gasteiger partial charge in [-0.2, -0.15) is 5.10 Å². The second-order valence-electron chi connectivity index (χ2n) is 4.41. The summed E-state index contributed by atoms with van der Waals surface area (Å²) in [5.74, 6) is 0. The first-order valence-electron chi connectivity index (χ1n) is 6.13. The van der Waals surface area contributed by atoms with Crippen LogP contribution in [0.3, 0.4) is 0 Å². The van der Waals surface area contributed by atoms with Crippen LogP contribution >= 0.6 is 0 Å². The van der Waals surface area contributed by atoms with E-state index in [4.69, 9.17) is 4.74 Å². The van der Waals surface area contributed by atoms with Gasteiger partial charge in [-0.1, -0.05) is 0 Å². The van der Waals surface area contributed by atoms with Gasteiger partial charge >= 0.3 is 6.09 Å². The molecule has 1 aliphatic heterocycles. The molecule has 0 aliphatic carbocycles. The van der Waals surface area contributed by atoms with Crippen molar-refractivity contribution in [2.24, 2.45) is 0 Å². The summed E-state index contributed by atoms with van der Waals surface area (Å²) in [5, 5.41) is 4.33. The summed E-state index contributed by atoms with van der Waals surface area (Å²) in [7, 11) is 0. The molecule has 0 bridgehead atoms. The molecule has 0 radical (unpaired) electrons. The first kappa shape index (κ1) is 12.0. The highest BCUT2D eigenvalue weighted by Gasteiger charge is 2.24. The van der Waals surface area contributed by atoms with Gasteiger partial charge in [0.2, 0.25) is 0 Å². The maximum absolute atomic E-state index is 11.5. The molecule has 2 heterocycles. The zero-order valence-corrected chi connectivity index (χ0v) is 10.4. The minimum absolute atomic E-state index is 0.192. The molecule has 5 nitrogen and oxygen atoms in total. The van der Waals surface area contributed by atoms with Gasteiger partial charge in [-0.15, -0.1) is 0 Å².